The van der Waals surface area contributed by atoms with Crippen LogP contribution in [0.5, 0.6) is 5.75 Å². The molecule has 1 heterocycles. The number of thioether (sulfide) groups is 1. The molecule has 0 aliphatic heterocycles. The Bertz CT molecular complexity index is 1030. The molecule has 0 bridgehead atoms. The molecule has 3 rings (SSSR count). The Morgan fingerprint density at radius 3 is 2.75 bits per heavy atom. The van der Waals surface area contributed by atoms with Crippen molar-refractivity contribution in [3.63, 3.8) is 0 Å². The number of ether oxygens (including phenoxy) is 1. The van der Waals surface area contributed by atoms with Gasteiger partial charge in [0.25, 0.3) is 5.56 Å². The van der Waals surface area contributed by atoms with E-state index in [0.29, 0.717) is 22.3 Å². The smallest absolute Gasteiger partial charge is 0.251 e. The molecule has 9 heteroatoms. The van der Waals surface area contributed by atoms with Crippen LogP contribution in [-0.4, -0.2) is 21.6 Å². The molecule has 2 aromatic carbocycles. The molecule has 0 atom stereocenters. The van der Waals surface area contributed by atoms with Gasteiger partial charge in [-0.3, -0.25) is 9.59 Å². The second-order valence-corrected chi connectivity index (χ2v) is 6.98. The first kappa shape index (κ1) is 19.9. The first-order chi connectivity index (χ1) is 13.5. The minimum absolute atomic E-state index is 0.000924. The van der Waals surface area contributed by atoms with Crippen molar-refractivity contribution in [1.82, 2.24) is 9.97 Å². The Kier molecular flexibility index (Phi) is 6.67. The van der Waals surface area contributed by atoms with Crippen LogP contribution in [-0.2, 0) is 11.4 Å². The number of benzene rings is 2. The van der Waals surface area contributed by atoms with E-state index >= 15 is 0 Å². The highest BCUT2D eigenvalue weighted by atomic mass is 35.5. The molecule has 0 radical (unpaired) electrons. The highest BCUT2D eigenvalue weighted by Gasteiger charge is 2.09. The summed E-state index contributed by atoms with van der Waals surface area (Å²) < 4.78 is 18.7. The van der Waals surface area contributed by atoms with Crippen LogP contribution in [0.15, 0.2) is 64.5 Å². The van der Waals surface area contributed by atoms with Crippen molar-refractivity contribution >= 4 is 35.0 Å². The fraction of sp³-hybridized carbons (Fsp3) is 0.105. The van der Waals surface area contributed by atoms with Gasteiger partial charge in [-0.2, -0.15) is 0 Å². The van der Waals surface area contributed by atoms with Crippen LogP contribution in [0.3, 0.4) is 0 Å². The number of nitrogens with zero attached hydrogens (tertiary/aromatic N) is 1. The topological polar surface area (TPSA) is 84.1 Å². The highest BCUT2D eigenvalue weighted by molar-refractivity contribution is 7.99. The van der Waals surface area contributed by atoms with E-state index in [9.17, 15) is 14.0 Å². The summed E-state index contributed by atoms with van der Waals surface area (Å²) in [4.78, 5) is 30.7. The van der Waals surface area contributed by atoms with Gasteiger partial charge in [0, 0.05) is 11.8 Å². The summed E-state index contributed by atoms with van der Waals surface area (Å²) in [6.07, 6.45) is 0. The number of nitrogens with one attached hydrogen (secondary N) is 2. The predicted octanol–water partition coefficient (Wildman–Crippen LogP) is 3.87. The zero-order chi connectivity index (χ0) is 19.9. The average molecular weight is 420 g/mol. The van der Waals surface area contributed by atoms with Crippen molar-refractivity contribution < 1.29 is 13.9 Å². The standard InChI is InChI=1S/C19H15ClFN3O3S/c20-15-8-12(6-7-16(15)21)22-18(26)11-28-19-23-13(9-17(25)24-19)10-27-14-4-2-1-3-5-14/h1-9H,10-11H2,(H,22,26)(H,23,24,25). The summed E-state index contributed by atoms with van der Waals surface area (Å²) in [6.45, 7) is 0.127. The maximum Gasteiger partial charge on any atom is 0.251 e. The number of hydrogen-bond acceptors (Lipinski definition) is 5. The van der Waals surface area contributed by atoms with Gasteiger partial charge in [-0.25, -0.2) is 9.37 Å². The molecule has 3 aromatic rings. The number of carbonyl (C=O) groups excluding carboxylic acids is 1. The number of carbonyl (C=O) groups is 1. The molecular weight excluding hydrogens is 405 g/mol. The van der Waals surface area contributed by atoms with Gasteiger partial charge in [0.05, 0.1) is 16.5 Å². The lowest BCUT2D eigenvalue weighted by molar-refractivity contribution is -0.113. The van der Waals surface area contributed by atoms with E-state index in [1.165, 1.54) is 24.3 Å². The fourth-order valence-corrected chi connectivity index (χ4v) is 3.08. The molecule has 28 heavy (non-hydrogen) atoms. The Morgan fingerprint density at radius 1 is 1.21 bits per heavy atom. The van der Waals surface area contributed by atoms with Gasteiger partial charge in [-0.1, -0.05) is 41.6 Å². The second-order valence-electron chi connectivity index (χ2n) is 5.61. The van der Waals surface area contributed by atoms with E-state index in [4.69, 9.17) is 16.3 Å². The largest absolute Gasteiger partial charge is 0.487 e. The molecule has 2 N–H and O–H groups in total. The SMILES string of the molecule is O=C(CSc1nc(COc2ccccc2)cc(=O)[nH]1)Nc1ccc(F)c(Cl)c1. The van der Waals surface area contributed by atoms with Crippen LogP contribution in [0.4, 0.5) is 10.1 Å². The van der Waals surface area contributed by atoms with Crippen molar-refractivity contribution in [2.75, 3.05) is 11.1 Å². The minimum Gasteiger partial charge on any atom is -0.487 e. The highest BCUT2D eigenvalue weighted by Crippen LogP contribution is 2.20. The van der Waals surface area contributed by atoms with E-state index in [2.05, 4.69) is 15.3 Å². The molecule has 0 unspecified atom stereocenters. The quantitative estimate of drug-likeness (QED) is 0.448. The van der Waals surface area contributed by atoms with Crippen molar-refractivity contribution in [2.24, 2.45) is 0 Å². The Balaban J connectivity index is 1.57. The molecule has 0 aliphatic rings. The normalized spacial score (nSPS) is 10.5. The van der Waals surface area contributed by atoms with Gasteiger partial charge < -0.3 is 15.0 Å². The van der Waals surface area contributed by atoms with Crippen LogP contribution >= 0.6 is 23.4 Å². The minimum atomic E-state index is -0.564. The lowest BCUT2D eigenvalue weighted by Gasteiger charge is -2.07. The molecule has 1 amide bonds. The molecule has 0 fully saturated rings. The van der Waals surface area contributed by atoms with E-state index < -0.39 is 5.82 Å². The van der Waals surface area contributed by atoms with Crippen molar-refractivity contribution in [3.8, 4) is 5.75 Å². The average Bonchev–Trinajstić information content (AvgIpc) is 2.68. The van der Waals surface area contributed by atoms with Gasteiger partial charge in [-0.15, -0.1) is 0 Å². The van der Waals surface area contributed by atoms with Gasteiger partial charge in [0.1, 0.15) is 18.2 Å². The fourth-order valence-electron chi connectivity index (χ4n) is 2.20. The molecular formula is C19H15ClFN3O3S. The van der Waals surface area contributed by atoms with Crippen LogP contribution in [0.2, 0.25) is 5.02 Å². The molecule has 144 valence electrons. The summed E-state index contributed by atoms with van der Waals surface area (Å²) in [5, 5.41) is 2.82. The zero-order valence-corrected chi connectivity index (χ0v) is 16.0. The lowest BCUT2D eigenvalue weighted by atomic mass is 10.3. The Hall–Kier alpha value is -2.84. The van der Waals surface area contributed by atoms with Crippen molar-refractivity contribution in [1.29, 1.82) is 0 Å². The van der Waals surface area contributed by atoms with Crippen LogP contribution in [0.1, 0.15) is 5.69 Å². The number of aromatic nitrogens is 2. The van der Waals surface area contributed by atoms with Crippen LogP contribution in [0.25, 0.3) is 0 Å². The summed E-state index contributed by atoms with van der Waals surface area (Å²) in [5.74, 6) is -0.247. The monoisotopic (exact) mass is 419 g/mol. The number of rotatable bonds is 7. The number of amides is 1. The Morgan fingerprint density at radius 2 is 2.00 bits per heavy atom. The maximum absolute atomic E-state index is 13.2. The van der Waals surface area contributed by atoms with E-state index in [1.54, 1.807) is 12.1 Å². The second kappa shape index (κ2) is 9.38. The number of H-pyrrole nitrogens is 1. The van der Waals surface area contributed by atoms with Gasteiger partial charge in [0.15, 0.2) is 5.16 Å². The third-order valence-electron chi connectivity index (χ3n) is 3.45. The molecule has 0 saturated heterocycles. The van der Waals surface area contributed by atoms with E-state index in [0.717, 1.165) is 11.8 Å². The molecule has 0 aliphatic carbocycles. The van der Waals surface area contributed by atoms with E-state index in [1.807, 2.05) is 18.2 Å². The van der Waals surface area contributed by atoms with Crippen molar-refractivity contribution in [2.45, 2.75) is 11.8 Å². The zero-order valence-electron chi connectivity index (χ0n) is 14.4. The van der Waals surface area contributed by atoms with E-state index in [-0.39, 0.29) is 28.8 Å². The summed E-state index contributed by atoms with van der Waals surface area (Å²) in [6, 6.07) is 14.4. The first-order valence-corrected chi connectivity index (χ1v) is 9.52. The van der Waals surface area contributed by atoms with Gasteiger partial charge in [0.2, 0.25) is 5.91 Å². The number of aromatic amines is 1. The summed E-state index contributed by atoms with van der Waals surface area (Å²) in [7, 11) is 0. The molecule has 0 saturated carbocycles. The van der Waals surface area contributed by atoms with Gasteiger partial charge in [-0.05, 0) is 30.3 Å². The van der Waals surface area contributed by atoms with Crippen LogP contribution in [0, 0.1) is 5.82 Å². The number of anilines is 1. The third kappa shape index (κ3) is 5.83. The van der Waals surface area contributed by atoms with Crippen LogP contribution < -0.4 is 15.6 Å². The molecule has 1 aromatic heterocycles. The molecule has 6 nitrogen and oxygen atoms in total. The first-order valence-electron chi connectivity index (χ1n) is 8.15. The summed E-state index contributed by atoms with van der Waals surface area (Å²) >= 11 is 6.75. The summed E-state index contributed by atoms with van der Waals surface area (Å²) in [5.41, 5.74) is 0.485. The maximum atomic E-state index is 13.2. The molecule has 0 spiro atoms. The number of halogens is 2. The van der Waals surface area contributed by atoms with Crippen molar-refractivity contribution in [3.05, 3.63) is 81.5 Å². The predicted molar refractivity (Wildman–Crippen MR) is 106 cm³/mol. The lowest BCUT2D eigenvalue weighted by Crippen LogP contribution is -2.16. The third-order valence-corrected chi connectivity index (χ3v) is 4.61. The van der Waals surface area contributed by atoms with Gasteiger partial charge >= 0.3 is 0 Å². The Labute approximate surface area is 169 Å². The number of para-hydroxylation sites is 1. The number of hydrogen-bond donors (Lipinski definition) is 2.